The molecule has 8 heteroatoms. The van der Waals surface area contributed by atoms with Crippen LogP contribution in [0.4, 0.5) is 17.5 Å². The molecular weight excluding hydrogens is 378 g/mol. The molecule has 3 aromatic heterocycles. The van der Waals surface area contributed by atoms with Gasteiger partial charge in [-0.05, 0) is 38.0 Å². The van der Waals surface area contributed by atoms with Gasteiger partial charge in [0.2, 0.25) is 5.95 Å². The molecule has 0 saturated heterocycles. The Kier molecular flexibility index (Phi) is 5.94. The monoisotopic (exact) mass is 407 g/mol. The molecule has 1 aliphatic carbocycles. The molecule has 0 aliphatic heterocycles. The lowest BCUT2D eigenvalue weighted by Gasteiger charge is -2.21. The van der Waals surface area contributed by atoms with Gasteiger partial charge in [0.1, 0.15) is 11.5 Å². The van der Waals surface area contributed by atoms with Crippen LogP contribution in [0.5, 0.6) is 0 Å². The summed E-state index contributed by atoms with van der Waals surface area (Å²) < 4.78 is 2.11. The largest absolute Gasteiger partial charge is 0.369 e. The summed E-state index contributed by atoms with van der Waals surface area (Å²) in [5, 5.41) is 4.08. The number of ketones is 1. The Labute approximate surface area is 176 Å². The van der Waals surface area contributed by atoms with Crippen molar-refractivity contribution in [2.75, 3.05) is 29.9 Å². The molecular formula is C22H29N7O. The topological polar surface area (TPSA) is 102 Å². The third-order valence-electron chi connectivity index (χ3n) is 5.76. The lowest BCUT2D eigenvalue weighted by Crippen LogP contribution is -2.29. The van der Waals surface area contributed by atoms with Crippen molar-refractivity contribution in [1.82, 2.24) is 19.5 Å². The Bertz CT molecular complexity index is 1020. The fourth-order valence-corrected chi connectivity index (χ4v) is 4.26. The minimum Gasteiger partial charge on any atom is -0.369 e. The van der Waals surface area contributed by atoms with Crippen molar-refractivity contribution < 1.29 is 4.79 Å². The van der Waals surface area contributed by atoms with E-state index in [1.165, 1.54) is 12.8 Å². The number of fused-ring (bicyclic) bond motifs is 1. The summed E-state index contributed by atoms with van der Waals surface area (Å²) in [7, 11) is 0. The molecule has 0 atom stereocenters. The molecule has 30 heavy (non-hydrogen) atoms. The van der Waals surface area contributed by atoms with Gasteiger partial charge in [-0.25, -0.2) is 9.97 Å². The van der Waals surface area contributed by atoms with Gasteiger partial charge in [0.25, 0.3) is 0 Å². The van der Waals surface area contributed by atoms with Crippen molar-refractivity contribution in [3.8, 4) is 0 Å². The first-order valence-corrected chi connectivity index (χ1v) is 10.7. The highest BCUT2D eigenvalue weighted by Crippen LogP contribution is 2.34. The van der Waals surface area contributed by atoms with Gasteiger partial charge in [-0.15, -0.1) is 0 Å². The molecule has 158 valence electrons. The molecule has 0 amide bonds. The summed E-state index contributed by atoms with van der Waals surface area (Å²) in [4.78, 5) is 28.1. The van der Waals surface area contributed by atoms with Gasteiger partial charge in [0.15, 0.2) is 5.78 Å². The lowest BCUT2D eigenvalue weighted by molar-refractivity contribution is 0.100. The lowest BCUT2D eigenvalue weighted by atomic mass is 10.2. The smallest absolute Gasteiger partial charge is 0.230 e. The molecule has 3 heterocycles. The molecule has 1 aliphatic rings. The number of hydrogen-bond acceptors (Lipinski definition) is 7. The number of hydrogen-bond donors (Lipinski definition) is 2. The highest BCUT2D eigenvalue weighted by atomic mass is 16.1. The zero-order valence-electron chi connectivity index (χ0n) is 17.6. The van der Waals surface area contributed by atoms with Crippen molar-refractivity contribution in [2.45, 2.75) is 45.6 Å². The second-order valence-corrected chi connectivity index (χ2v) is 7.76. The SMILES string of the molecule is CCN(CCN)c1ccc(Nc2ncc3cc(C(C)=O)n(C4CCCC4)c3n2)nc1. The summed E-state index contributed by atoms with van der Waals surface area (Å²) in [6.07, 6.45) is 8.14. The number of nitrogens with two attached hydrogens (primary N) is 1. The third kappa shape index (κ3) is 4.00. The van der Waals surface area contributed by atoms with Crippen LogP contribution in [0.15, 0.2) is 30.6 Å². The maximum atomic E-state index is 12.2. The van der Waals surface area contributed by atoms with Crippen LogP contribution in [-0.4, -0.2) is 44.9 Å². The summed E-state index contributed by atoms with van der Waals surface area (Å²) >= 11 is 0. The number of rotatable bonds is 8. The minimum absolute atomic E-state index is 0.0598. The van der Waals surface area contributed by atoms with Crippen LogP contribution < -0.4 is 16.0 Å². The van der Waals surface area contributed by atoms with Crippen LogP contribution in [-0.2, 0) is 0 Å². The number of likely N-dealkylation sites (N-methyl/N-ethyl adjacent to an activating group) is 1. The van der Waals surface area contributed by atoms with Gasteiger partial charge in [0, 0.05) is 44.2 Å². The number of nitrogens with one attached hydrogen (secondary N) is 1. The molecule has 4 rings (SSSR count). The van der Waals surface area contributed by atoms with Gasteiger partial charge in [-0.3, -0.25) is 4.79 Å². The average Bonchev–Trinajstić information content (AvgIpc) is 3.40. The van der Waals surface area contributed by atoms with Crippen molar-refractivity contribution in [3.05, 3.63) is 36.3 Å². The van der Waals surface area contributed by atoms with Gasteiger partial charge in [-0.1, -0.05) is 12.8 Å². The van der Waals surface area contributed by atoms with Crippen molar-refractivity contribution >= 4 is 34.3 Å². The molecule has 0 bridgehead atoms. The Hall–Kier alpha value is -3.00. The summed E-state index contributed by atoms with van der Waals surface area (Å²) in [6, 6.07) is 6.16. The standard InChI is InChI=1S/C22H29N7O/c1-3-28(11-10-23)18-8-9-20(24-14-18)26-22-25-13-16-12-19(15(2)30)29(21(16)27-22)17-6-4-5-7-17/h8-9,12-14,17H,3-7,10-11,23H2,1-2H3,(H,24,25,26,27). The summed E-state index contributed by atoms with van der Waals surface area (Å²) in [5.41, 5.74) is 8.24. The molecule has 0 radical (unpaired) electrons. The van der Waals surface area contributed by atoms with Gasteiger partial charge in [-0.2, -0.15) is 4.98 Å². The van der Waals surface area contributed by atoms with Crippen LogP contribution in [0.2, 0.25) is 0 Å². The maximum absolute atomic E-state index is 12.2. The number of anilines is 3. The first-order valence-electron chi connectivity index (χ1n) is 10.7. The van der Waals surface area contributed by atoms with E-state index < -0.39 is 0 Å². The number of nitrogens with zero attached hydrogens (tertiary/aromatic N) is 5. The van der Waals surface area contributed by atoms with E-state index in [9.17, 15) is 4.79 Å². The molecule has 3 N–H and O–H groups in total. The number of aromatic nitrogens is 4. The highest BCUT2D eigenvalue weighted by Gasteiger charge is 2.24. The van der Waals surface area contributed by atoms with Gasteiger partial charge < -0.3 is 20.5 Å². The van der Waals surface area contributed by atoms with E-state index in [1.54, 1.807) is 13.1 Å². The second kappa shape index (κ2) is 8.79. The van der Waals surface area contributed by atoms with Crippen molar-refractivity contribution in [2.24, 2.45) is 5.73 Å². The van der Waals surface area contributed by atoms with E-state index in [4.69, 9.17) is 10.7 Å². The molecule has 3 aromatic rings. The Morgan fingerprint density at radius 2 is 2.07 bits per heavy atom. The van der Waals surface area contributed by atoms with E-state index >= 15 is 0 Å². The molecule has 1 fully saturated rings. The number of Topliss-reactive ketones (excluding diaryl/α,β-unsaturated/α-hetero) is 1. The van der Waals surface area contributed by atoms with Crippen LogP contribution in [0.3, 0.4) is 0 Å². The molecule has 0 aromatic carbocycles. The van der Waals surface area contributed by atoms with Crippen LogP contribution in [0.1, 0.15) is 56.1 Å². The van der Waals surface area contributed by atoms with Crippen LogP contribution in [0.25, 0.3) is 11.0 Å². The van der Waals surface area contributed by atoms with Crippen molar-refractivity contribution in [1.29, 1.82) is 0 Å². The van der Waals surface area contributed by atoms with E-state index in [2.05, 4.69) is 31.7 Å². The molecule has 8 nitrogen and oxygen atoms in total. The second-order valence-electron chi connectivity index (χ2n) is 7.76. The fraction of sp³-hybridized carbons (Fsp3) is 0.455. The normalized spacial score (nSPS) is 14.4. The van der Waals surface area contributed by atoms with Gasteiger partial charge in [0.05, 0.1) is 17.6 Å². The highest BCUT2D eigenvalue weighted by molar-refractivity contribution is 5.98. The third-order valence-corrected chi connectivity index (χ3v) is 5.76. The molecule has 0 spiro atoms. The van der Waals surface area contributed by atoms with E-state index in [-0.39, 0.29) is 5.78 Å². The van der Waals surface area contributed by atoms with E-state index in [1.807, 2.05) is 24.4 Å². The predicted octanol–water partition coefficient (Wildman–Crippen LogP) is 3.67. The zero-order chi connectivity index (χ0) is 21.1. The summed E-state index contributed by atoms with van der Waals surface area (Å²) in [5.74, 6) is 1.21. The van der Waals surface area contributed by atoms with Crippen LogP contribution >= 0.6 is 0 Å². The van der Waals surface area contributed by atoms with E-state index in [0.717, 1.165) is 42.7 Å². The van der Waals surface area contributed by atoms with E-state index in [0.29, 0.717) is 30.0 Å². The Morgan fingerprint density at radius 1 is 1.27 bits per heavy atom. The predicted molar refractivity (Wildman–Crippen MR) is 119 cm³/mol. The number of pyridine rings is 1. The first kappa shape index (κ1) is 20.3. The summed E-state index contributed by atoms with van der Waals surface area (Å²) in [6.45, 7) is 5.98. The number of carbonyl (C=O) groups excluding carboxylic acids is 1. The average molecular weight is 408 g/mol. The minimum atomic E-state index is 0.0598. The molecule has 1 saturated carbocycles. The quantitative estimate of drug-likeness (QED) is 0.549. The maximum Gasteiger partial charge on any atom is 0.230 e. The van der Waals surface area contributed by atoms with Crippen molar-refractivity contribution in [3.63, 3.8) is 0 Å². The van der Waals surface area contributed by atoms with Gasteiger partial charge >= 0.3 is 0 Å². The van der Waals surface area contributed by atoms with Crippen LogP contribution in [0, 0.1) is 0 Å². The zero-order valence-corrected chi connectivity index (χ0v) is 17.6. The number of carbonyl (C=O) groups is 1. The Balaban J connectivity index is 1.62. The Morgan fingerprint density at radius 3 is 2.70 bits per heavy atom. The first-order chi connectivity index (χ1) is 14.6. The molecule has 0 unspecified atom stereocenters. The fourth-order valence-electron chi connectivity index (χ4n) is 4.26.